The van der Waals surface area contributed by atoms with E-state index in [0.29, 0.717) is 17.8 Å². The minimum absolute atomic E-state index is 0.0522. The number of ether oxygens (including phenoxy) is 1. The molecule has 1 atom stereocenters. The van der Waals surface area contributed by atoms with Crippen LogP contribution in [0.5, 0.6) is 0 Å². The minimum Gasteiger partial charge on any atom is -0.376 e. The van der Waals surface area contributed by atoms with Gasteiger partial charge in [0.05, 0.1) is 23.9 Å². The van der Waals surface area contributed by atoms with Crippen molar-refractivity contribution in [1.82, 2.24) is 0 Å². The van der Waals surface area contributed by atoms with E-state index in [4.69, 9.17) is 4.74 Å². The number of anilines is 1. The molecule has 5 heteroatoms. The normalized spacial score (nSPS) is 22.7. The number of rotatable bonds is 2. The number of hydrogen-bond acceptors (Lipinski definition) is 3. The van der Waals surface area contributed by atoms with Crippen LogP contribution in [0.4, 0.5) is 5.69 Å². The fraction of sp³-hybridized carbons (Fsp3) is 0.385. The van der Waals surface area contributed by atoms with Gasteiger partial charge in [0, 0.05) is 11.1 Å². The van der Waals surface area contributed by atoms with Crippen LogP contribution >= 0.6 is 15.9 Å². The molecule has 94 valence electrons. The summed E-state index contributed by atoms with van der Waals surface area (Å²) in [5, 5.41) is 0. The highest BCUT2D eigenvalue weighted by Crippen LogP contribution is 2.32. The molecule has 2 heterocycles. The van der Waals surface area contributed by atoms with Gasteiger partial charge in [0.2, 0.25) is 0 Å². The van der Waals surface area contributed by atoms with Gasteiger partial charge in [-0.2, -0.15) is 0 Å². The summed E-state index contributed by atoms with van der Waals surface area (Å²) >= 11 is 3.31. The molecule has 0 spiro atoms. The highest BCUT2D eigenvalue weighted by molar-refractivity contribution is 9.10. The molecule has 0 radical (unpaired) electrons. The number of hydrogen-bond donors (Lipinski definition) is 0. The quantitative estimate of drug-likeness (QED) is 0.787. The lowest BCUT2D eigenvalue weighted by Gasteiger charge is -2.20. The first-order valence-corrected chi connectivity index (χ1v) is 6.73. The molecular formula is C13H12BrNO3. The van der Waals surface area contributed by atoms with Crippen molar-refractivity contribution in [3.63, 3.8) is 0 Å². The number of carbonyl (C=O) groups is 2. The van der Waals surface area contributed by atoms with Crippen LogP contribution in [0, 0.1) is 0 Å². The van der Waals surface area contributed by atoms with E-state index in [-0.39, 0.29) is 6.10 Å². The molecule has 0 aliphatic carbocycles. The van der Waals surface area contributed by atoms with Crippen molar-refractivity contribution in [2.24, 2.45) is 0 Å². The van der Waals surface area contributed by atoms with Gasteiger partial charge in [-0.25, -0.2) is 0 Å². The highest BCUT2D eigenvalue weighted by Gasteiger charge is 2.37. The van der Waals surface area contributed by atoms with Crippen molar-refractivity contribution in [2.75, 3.05) is 18.1 Å². The Balaban J connectivity index is 1.91. The number of fused-ring (bicyclic) bond motifs is 1. The lowest BCUT2D eigenvalue weighted by Crippen LogP contribution is -2.36. The molecule has 4 nitrogen and oxygen atoms in total. The Bertz CT molecular complexity index is 523. The topological polar surface area (TPSA) is 46.6 Å². The van der Waals surface area contributed by atoms with Gasteiger partial charge in [-0.15, -0.1) is 0 Å². The predicted octanol–water partition coefficient (Wildman–Crippen LogP) is 2.16. The number of ketones is 1. The van der Waals surface area contributed by atoms with E-state index in [0.717, 1.165) is 23.9 Å². The molecule has 1 aromatic rings. The zero-order valence-electron chi connectivity index (χ0n) is 9.69. The first kappa shape index (κ1) is 11.9. The van der Waals surface area contributed by atoms with Crippen LogP contribution in [0.1, 0.15) is 23.2 Å². The third-order valence-electron chi connectivity index (χ3n) is 3.34. The Morgan fingerprint density at radius 3 is 2.94 bits per heavy atom. The van der Waals surface area contributed by atoms with E-state index in [1.54, 1.807) is 17.0 Å². The van der Waals surface area contributed by atoms with E-state index < -0.39 is 11.7 Å². The van der Waals surface area contributed by atoms with Gasteiger partial charge in [-0.3, -0.25) is 9.59 Å². The van der Waals surface area contributed by atoms with E-state index in [2.05, 4.69) is 15.9 Å². The van der Waals surface area contributed by atoms with E-state index in [9.17, 15) is 9.59 Å². The van der Waals surface area contributed by atoms with Gasteiger partial charge in [0.15, 0.2) is 0 Å². The van der Waals surface area contributed by atoms with Crippen LogP contribution in [0.25, 0.3) is 0 Å². The smallest absolute Gasteiger partial charge is 0.299 e. The van der Waals surface area contributed by atoms with Crippen LogP contribution in [-0.4, -0.2) is 30.9 Å². The van der Waals surface area contributed by atoms with Crippen molar-refractivity contribution in [2.45, 2.75) is 18.9 Å². The second-order valence-corrected chi connectivity index (χ2v) is 5.46. The summed E-state index contributed by atoms with van der Waals surface area (Å²) in [6.07, 6.45) is 2.02. The Morgan fingerprint density at radius 1 is 1.39 bits per heavy atom. The number of benzene rings is 1. The lowest BCUT2D eigenvalue weighted by atomic mass is 10.1. The number of carbonyl (C=O) groups excluding carboxylic acids is 2. The summed E-state index contributed by atoms with van der Waals surface area (Å²) in [5.74, 6) is -0.872. The summed E-state index contributed by atoms with van der Waals surface area (Å²) in [5.41, 5.74) is 1.18. The third kappa shape index (κ3) is 1.87. The predicted molar refractivity (Wildman–Crippen MR) is 69.8 cm³/mol. The van der Waals surface area contributed by atoms with Gasteiger partial charge >= 0.3 is 0 Å². The summed E-state index contributed by atoms with van der Waals surface area (Å²) in [4.78, 5) is 25.4. The maximum atomic E-state index is 12.0. The van der Waals surface area contributed by atoms with Gasteiger partial charge in [-0.1, -0.05) is 15.9 Å². The zero-order chi connectivity index (χ0) is 12.7. The molecule has 1 aromatic carbocycles. The molecule has 18 heavy (non-hydrogen) atoms. The fourth-order valence-corrected chi connectivity index (χ4v) is 2.81. The van der Waals surface area contributed by atoms with Crippen molar-refractivity contribution < 1.29 is 14.3 Å². The largest absolute Gasteiger partial charge is 0.376 e. The zero-order valence-corrected chi connectivity index (χ0v) is 11.3. The van der Waals surface area contributed by atoms with Crippen LogP contribution in [0.15, 0.2) is 22.7 Å². The molecule has 1 unspecified atom stereocenters. The molecule has 0 saturated carbocycles. The average Bonchev–Trinajstić information content (AvgIpc) is 2.94. The van der Waals surface area contributed by atoms with Crippen LogP contribution in [0.3, 0.4) is 0 Å². The summed E-state index contributed by atoms with van der Waals surface area (Å²) in [6.45, 7) is 1.22. The first-order chi connectivity index (χ1) is 8.66. The average molecular weight is 310 g/mol. The second kappa shape index (κ2) is 4.48. The molecule has 1 saturated heterocycles. The Morgan fingerprint density at radius 2 is 2.22 bits per heavy atom. The molecule has 1 amide bonds. The SMILES string of the molecule is O=C1C(=O)N(CC2CCCO2)c2ccc(Br)cc21. The monoisotopic (exact) mass is 309 g/mol. The second-order valence-electron chi connectivity index (χ2n) is 4.54. The Labute approximate surface area is 113 Å². The van der Waals surface area contributed by atoms with Crippen LogP contribution in [0.2, 0.25) is 0 Å². The maximum absolute atomic E-state index is 12.0. The molecule has 3 rings (SSSR count). The number of Topliss-reactive ketones (excluding diaryl/α,β-unsaturated/α-hetero) is 1. The van der Waals surface area contributed by atoms with Gasteiger partial charge in [-0.05, 0) is 31.0 Å². The van der Waals surface area contributed by atoms with Crippen molar-refractivity contribution >= 4 is 33.3 Å². The van der Waals surface area contributed by atoms with E-state index in [1.807, 2.05) is 6.07 Å². The number of halogens is 1. The fourth-order valence-electron chi connectivity index (χ4n) is 2.45. The Hall–Kier alpha value is -1.20. The van der Waals surface area contributed by atoms with Crippen LogP contribution in [-0.2, 0) is 9.53 Å². The Kier molecular flexibility index (Phi) is 2.95. The van der Waals surface area contributed by atoms with E-state index >= 15 is 0 Å². The highest BCUT2D eigenvalue weighted by atomic mass is 79.9. The first-order valence-electron chi connectivity index (χ1n) is 5.94. The summed E-state index contributed by atoms with van der Waals surface area (Å²) in [7, 11) is 0. The van der Waals surface area contributed by atoms with Gasteiger partial charge < -0.3 is 9.64 Å². The summed E-state index contributed by atoms with van der Waals surface area (Å²) < 4.78 is 6.33. The van der Waals surface area contributed by atoms with E-state index in [1.165, 1.54) is 0 Å². The third-order valence-corrected chi connectivity index (χ3v) is 3.84. The molecule has 0 bridgehead atoms. The molecular weight excluding hydrogens is 298 g/mol. The maximum Gasteiger partial charge on any atom is 0.299 e. The van der Waals surface area contributed by atoms with Gasteiger partial charge in [0.1, 0.15) is 0 Å². The molecule has 2 aliphatic rings. The van der Waals surface area contributed by atoms with Crippen molar-refractivity contribution in [1.29, 1.82) is 0 Å². The van der Waals surface area contributed by atoms with Crippen LogP contribution < -0.4 is 4.90 Å². The van der Waals surface area contributed by atoms with Crippen molar-refractivity contribution in [3.05, 3.63) is 28.2 Å². The molecule has 2 aliphatic heterocycles. The number of amides is 1. The summed E-state index contributed by atoms with van der Waals surface area (Å²) in [6, 6.07) is 5.34. The molecule has 0 N–H and O–H groups in total. The lowest BCUT2D eigenvalue weighted by molar-refractivity contribution is -0.114. The van der Waals surface area contributed by atoms with Gasteiger partial charge in [0.25, 0.3) is 11.7 Å². The minimum atomic E-state index is -0.446. The van der Waals surface area contributed by atoms with Crippen molar-refractivity contribution in [3.8, 4) is 0 Å². The molecule has 0 aromatic heterocycles. The standard InChI is InChI=1S/C13H12BrNO3/c14-8-3-4-11-10(6-8)12(16)13(17)15(11)7-9-2-1-5-18-9/h3-4,6,9H,1-2,5,7H2. The molecule has 1 fully saturated rings. The number of nitrogens with zero attached hydrogens (tertiary/aromatic N) is 1.